The minimum atomic E-state index is -0.548. The van der Waals surface area contributed by atoms with Gasteiger partial charge in [0.1, 0.15) is 0 Å². The maximum atomic E-state index is 13.5. The number of rotatable bonds is 9. The first-order valence-corrected chi connectivity index (χ1v) is 11.4. The zero-order chi connectivity index (χ0) is 22.5. The molecule has 0 spiro atoms. The fourth-order valence-corrected chi connectivity index (χ4v) is 5.04. The molecule has 1 N–H and O–H groups in total. The van der Waals surface area contributed by atoms with E-state index in [-0.39, 0.29) is 17.9 Å². The van der Waals surface area contributed by atoms with E-state index < -0.39 is 5.92 Å². The number of benzene rings is 1. The summed E-state index contributed by atoms with van der Waals surface area (Å²) in [7, 11) is 4.84. The van der Waals surface area contributed by atoms with Crippen LogP contribution in [-0.4, -0.2) is 69.1 Å². The van der Waals surface area contributed by atoms with Gasteiger partial charge in [-0.2, -0.15) is 0 Å². The van der Waals surface area contributed by atoms with Crippen molar-refractivity contribution < 1.29 is 19.1 Å². The number of likely N-dealkylation sites (N-methyl/N-ethyl adjacent to an activating group) is 2. The number of fused-ring (bicyclic) bond motifs is 1. The molecule has 2 unspecified atom stereocenters. The Morgan fingerprint density at radius 1 is 1.19 bits per heavy atom. The third kappa shape index (κ3) is 4.55. The van der Waals surface area contributed by atoms with Crippen LogP contribution >= 0.6 is 11.3 Å². The molecule has 2 amide bonds. The van der Waals surface area contributed by atoms with Crippen LogP contribution < -0.4 is 14.8 Å². The Labute approximate surface area is 187 Å². The summed E-state index contributed by atoms with van der Waals surface area (Å²) >= 11 is 1.55. The van der Waals surface area contributed by atoms with E-state index in [0.29, 0.717) is 29.2 Å². The number of carbonyl (C=O) groups excluding carboxylic acids is 2. The second kappa shape index (κ2) is 10.2. The normalized spacial score (nSPS) is 18.1. The number of hydrogen-bond acceptors (Lipinski definition) is 6. The number of methoxy groups -OCH3 is 2. The van der Waals surface area contributed by atoms with Crippen LogP contribution in [0.5, 0.6) is 11.5 Å². The van der Waals surface area contributed by atoms with Gasteiger partial charge in [0.05, 0.1) is 26.2 Å². The second-order valence-electron chi connectivity index (χ2n) is 7.47. The van der Waals surface area contributed by atoms with Gasteiger partial charge in [0, 0.05) is 30.6 Å². The summed E-state index contributed by atoms with van der Waals surface area (Å²) < 4.78 is 10.9. The van der Waals surface area contributed by atoms with Crippen molar-refractivity contribution in [2.45, 2.75) is 25.8 Å². The molecular weight excluding hydrogens is 414 g/mol. The molecule has 1 aliphatic rings. The maximum absolute atomic E-state index is 13.5. The standard InChI is InChI=1S/C23H31N3O4S/c1-6-26(7-2)11-10-24-22(27)20-15-13-17(29-4)18(30-5)14-16(15)23(28)25(3)21(20)19-9-8-12-31-19/h8-9,12-14,20-21H,6-7,10-11H2,1-5H3,(H,24,27). The molecule has 168 valence electrons. The Hall–Kier alpha value is -2.58. The van der Waals surface area contributed by atoms with E-state index in [1.807, 2.05) is 17.5 Å². The van der Waals surface area contributed by atoms with Gasteiger partial charge in [-0.25, -0.2) is 0 Å². The molecule has 1 aliphatic heterocycles. The molecule has 0 aliphatic carbocycles. The zero-order valence-electron chi connectivity index (χ0n) is 18.8. The molecule has 2 heterocycles. The molecule has 2 atom stereocenters. The molecule has 2 aromatic rings. The van der Waals surface area contributed by atoms with Crippen molar-refractivity contribution in [2.75, 3.05) is 47.4 Å². The topological polar surface area (TPSA) is 71.1 Å². The van der Waals surface area contributed by atoms with Crippen molar-refractivity contribution in [1.29, 1.82) is 0 Å². The van der Waals surface area contributed by atoms with Gasteiger partial charge < -0.3 is 24.6 Å². The van der Waals surface area contributed by atoms with Crippen LogP contribution in [0.3, 0.4) is 0 Å². The van der Waals surface area contributed by atoms with Crippen LogP contribution in [0.1, 0.15) is 46.6 Å². The van der Waals surface area contributed by atoms with Crippen molar-refractivity contribution in [3.63, 3.8) is 0 Å². The summed E-state index contributed by atoms with van der Waals surface area (Å²) in [5.74, 6) is 0.190. The largest absolute Gasteiger partial charge is 0.493 e. The van der Waals surface area contributed by atoms with Crippen molar-refractivity contribution in [3.8, 4) is 11.5 Å². The van der Waals surface area contributed by atoms with Crippen molar-refractivity contribution >= 4 is 23.2 Å². The molecule has 1 aromatic heterocycles. The maximum Gasteiger partial charge on any atom is 0.254 e. The van der Waals surface area contributed by atoms with Gasteiger partial charge in [0.15, 0.2) is 11.5 Å². The lowest BCUT2D eigenvalue weighted by molar-refractivity contribution is -0.124. The number of nitrogens with one attached hydrogen (secondary N) is 1. The van der Waals surface area contributed by atoms with Gasteiger partial charge in [-0.05, 0) is 42.2 Å². The van der Waals surface area contributed by atoms with E-state index >= 15 is 0 Å². The third-order valence-electron chi connectivity index (χ3n) is 5.91. The molecule has 31 heavy (non-hydrogen) atoms. The molecule has 7 nitrogen and oxygen atoms in total. The number of nitrogens with zero attached hydrogens (tertiary/aromatic N) is 2. The Morgan fingerprint density at radius 3 is 2.45 bits per heavy atom. The van der Waals surface area contributed by atoms with Crippen LogP contribution in [0.2, 0.25) is 0 Å². The van der Waals surface area contributed by atoms with Gasteiger partial charge in [-0.1, -0.05) is 19.9 Å². The molecule has 0 fully saturated rings. The number of amides is 2. The van der Waals surface area contributed by atoms with Crippen molar-refractivity contribution in [3.05, 3.63) is 45.6 Å². The molecule has 0 saturated heterocycles. The fourth-order valence-electron chi connectivity index (χ4n) is 4.13. The smallest absolute Gasteiger partial charge is 0.254 e. The molecule has 8 heteroatoms. The van der Waals surface area contributed by atoms with E-state index in [0.717, 1.165) is 24.5 Å². The highest BCUT2D eigenvalue weighted by Gasteiger charge is 2.43. The zero-order valence-corrected chi connectivity index (χ0v) is 19.6. The summed E-state index contributed by atoms with van der Waals surface area (Å²) in [5.41, 5.74) is 1.14. The molecule has 0 bridgehead atoms. The second-order valence-corrected chi connectivity index (χ2v) is 8.45. The molecule has 0 saturated carbocycles. The van der Waals surface area contributed by atoms with Crippen LogP contribution in [0.25, 0.3) is 0 Å². The van der Waals surface area contributed by atoms with E-state index in [1.165, 1.54) is 7.11 Å². The van der Waals surface area contributed by atoms with Gasteiger partial charge >= 0.3 is 0 Å². The average molecular weight is 446 g/mol. The summed E-state index contributed by atoms with van der Waals surface area (Å²) in [4.78, 5) is 31.6. The number of hydrogen-bond donors (Lipinski definition) is 1. The van der Waals surface area contributed by atoms with Gasteiger partial charge in [0.2, 0.25) is 5.91 Å². The minimum absolute atomic E-state index is 0.0987. The van der Waals surface area contributed by atoms with Crippen LogP contribution in [0.15, 0.2) is 29.6 Å². The summed E-state index contributed by atoms with van der Waals surface area (Å²) in [5, 5.41) is 5.07. The van der Waals surface area contributed by atoms with Crippen molar-refractivity contribution in [1.82, 2.24) is 15.1 Å². The van der Waals surface area contributed by atoms with E-state index in [1.54, 1.807) is 42.5 Å². The number of ether oxygens (including phenoxy) is 2. The highest BCUT2D eigenvalue weighted by Crippen LogP contribution is 2.46. The summed E-state index contributed by atoms with van der Waals surface area (Å²) in [6.07, 6.45) is 0. The molecule has 3 rings (SSSR count). The van der Waals surface area contributed by atoms with Crippen LogP contribution in [-0.2, 0) is 4.79 Å². The Bertz CT molecular complexity index is 912. The third-order valence-corrected chi connectivity index (χ3v) is 6.86. The summed E-state index contributed by atoms with van der Waals surface area (Å²) in [6, 6.07) is 6.98. The number of carbonyl (C=O) groups is 2. The lowest BCUT2D eigenvalue weighted by Gasteiger charge is -2.39. The van der Waals surface area contributed by atoms with Gasteiger partial charge in [0.25, 0.3) is 5.91 Å². The number of thiophene rings is 1. The molecular formula is C23H31N3O4S. The average Bonchev–Trinajstić information content (AvgIpc) is 3.32. The SMILES string of the molecule is CCN(CC)CCNC(=O)C1c2cc(OC)c(OC)cc2C(=O)N(C)C1c1cccs1. The fraction of sp³-hybridized carbons (Fsp3) is 0.478. The quantitative estimate of drug-likeness (QED) is 0.642. The van der Waals surface area contributed by atoms with Gasteiger partial charge in [-0.15, -0.1) is 11.3 Å². The van der Waals surface area contributed by atoms with Crippen LogP contribution in [0.4, 0.5) is 0 Å². The van der Waals surface area contributed by atoms with Crippen molar-refractivity contribution in [2.24, 2.45) is 0 Å². The Morgan fingerprint density at radius 2 is 1.87 bits per heavy atom. The lowest BCUT2D eigenvalue weighted by atomic mass is 9.81. The lowest BCUT2D eigenvalue weighted by Crippen LogP contribution is -2.46. The Kier molecular flexibility index (Phi) is 7.56. The van der Waals surface area contributed by atoms with Gasteiger partial charge in [-0.3, -0.25) is 9.59 Å². The highest BCUT2D eigenvalue weighted by atomic mass is 32.1. The predicted molar refractivity (Wildman–Crippen MR) is 122 cm³/mol. The van der Waals surface area contributed by atoms with Crippen LogP contribution in [0, 0.1) is 0 Å². The molecule has 0 radical (unpaired) electrons. The summed E-state index contributed by atoms with van der Waals surface area (Å²) in [6.45, 7) is 7.41. The van der Waals surface area contributed by atoms with E-state index in [4.69, 9.17) is 9.47 Å². The first-order chi connectivity index (χ1) is 15.0. The Balaban J connectivity index is 2.02. The first-order valence-electron chi connectivity index (χ1n) is 10.5. The monoisotopic (exact) mass is 445 g/mol. The van der Waals surface area contributed by atoms with E-state index in [9.17, 15) is 9.59 Å². The highest BCUT2D eigenvalue weighted by molar-refractivity contribution is 7.10. The van der Waals surface area contributed by atoms with E-state index in [2.05, 4.69) is 24.1 Å². The first kappa shape index (κ1) is 23.1. The molecule has 1 aromatic carbocycles. The minimum Gasteiger partial charge on any atom is -0.493 e. The predicted octanol–water partition coefficient (Wildman–Crippen LogP) is 3.13.